The summed E-state index contributed by atoms with van der Waals surface area (Å²) in [6.07, 6.45) is 0. The van der Waals surface area contributed by atoms with E-state index in [9.17, 15) is 4.55 Å². The number of hydrogen-bond acceptors (Lipinski definition) is 4. The molecule has 1 aromatic heterocycles. The average molecular weight is 269 g/mol. The van der Waals surface area contributed by atoms with Crippen LogP contribution in [0.3, 0.4) is 0 Å². The fourth-order valence-corrected chi connectivity index (χ4v) is 3.45. The molecule has 3 N–H and O–H groups in total. The zero-order valence-electron chi connectivity index (χ0n) is 6.25. The zero-order valence-corrected chi connectivity index (χ0v) is 9.47. The standard InChI is InChI=1S/C6H9BrN2OS2/c7-5-1-2-6(11-5)12(10)9-4-3-8/h1-2,9H,3-4,8H2. The van der Waals surface area contributed by atoms with Crippen LogP contribution < -0.4 is 10.5 Å². The van der Waals surface area contributed by atoms with E-state index in [1.54, 1.807) is 0 Å². The van der Waals surface area contributed by atoms with Gasteiger partial charge in [0.05, 0.1) is 21.7 Å². The molecule has 12 heavy (non-hydrogen) atoms. The molecular weight excluding hydrogens is 260 g/mol. The van der Waals surface area contributed by atoms with E-state index in [2.05, 4.69) is 20.7 Å². The van der Waals surface area contributed by atoms with Crippen molar-refractivity contribution >= 4 is 38.6 Å². The quantitative estimate of drug-likeness (QED) is 0.804. The number of nitrogens with two attached hydrogens (primary N) is 1. The topological polar surface area (TPSA) is 61.1 Å². The predicted molar refractivity (Wildman–Crippen MR) is 55.5 cm³/mol. The molecular formula is C6H9BrN2OS2. The first-order valence-electron chi connectivity index (χ1n) is 3.34. The molecule has 0 aliphatic rings. The Morgan fingerprint density at radius 2 is 2.42 bits per heavy atom. The van der Waals surface area contributed by atoms with Crippen molar-refractivity contribution in [2.75, 3.05) is 13.1 Å². The van der Waals surface area contributed by atoms with Crippen LogP contribution in [0.15, 0.2) is 20.1 Å². The summed E-state index contributed by atoms with van der Waals surface area (Å²) in [6, 6.07) is 3.70. The van der Waals surface area contributed by atoms with Gasteiger partial charge < -0.3 is 10.3 Å². The maximum absolute atomic E-state index is 11.4. The normalized spacial score (nSPS) is 13.2. The summed E-state index contributed by atoms with van der Waals surface area (Å²) in [4.78, 5) is 0. The van der Waals surface area contributed by atoms with Crippen LogP contribution in [0.4, 0.5) is 0 Å². The summed E-state index contributed by atoms with van der Waals surface area (Å²) in [5.41, 5.74) is 5.26. The summed E-state index contributed by atoms with van der Waals surface area (Å²) in [5.74, 6) is 0. The number of thiophene rings is 1. The number of hydrogen-bond donors (Lipinski definition) is 2. The number of nitrogens with one attached hydrogen (secondary N) is 1. The molecule has 0 saturated carbocycles. The van der Waals surface area contributed by atoms with Gasteiger partial charge in [-0.15, -0.1) is 4.72 Å². The Hall–Kier alpha value is 0.410. The van der Waals surface area contributed by atoms with Gasteiger partial charge in [-0.3, -0.25) is 0 Å². The lowest BCUT2D eigenvalue weighted by Gasteiger charge is -2.06. The van der Waals surface area contributed by atoms with Crippen LogP contribution in [-0.4, -0.2) is 17.6 Å². The summed E-state index contributed by atoms with van der Waals surface area (Å²) < 4.78 is 16.0. The lowest BCUT2D eigenvalue weighted by atomic mass is 10.7. The van der Waals surface area contributed by atoms with E-state index in [1.165, 1.54) is 11.3 Å². The molecule has 68 valence electrons. The van der Waals surface area contributed by atoms with Crippen molar-refractivity contribution in [1.82, 2.24) is 4.72 Å². The molecule has 1 unspecified atom stereocenters. The van der Waals surface area contributed by atoms with Crippen LogP contribution in [0.2, 0.25) is 0 Å². The van der Waals surface area contributed by atoms with E-state index < -0.39 is 11.4 Å². The van der Waals surface area contributed by atoms with Crippen molar-refractivity contribution in [3.05, 3.63) is 15.9 Å². The summed E-state index contributed by atoms with van der Waals surface area (Å²) in [5, 5.41) is 0. The van der Waals surface area contributed by atoms with Gasteiger partial charge in [0.2, 0.25) is 4.21 Å². The molecule has 0 spiro atoms. The lowest BCUT2D eigenvalue weighted by molar-refractivity contribution is 0.583. The number of rotatable bonds is 4. The first kappa shape index (κ1) is 10.5. The van der Waals surface area contributed by atoms with E-state index in [0.29, 0.717) is 13.1 Å². The van der Waals surface area contributed by atoms with Gasteiger partial charge >= 0.3 is 0 Å². The van der Waals surface area contributed by atoms with Crippen LogP contribution in [0.1, 0.15) is 0 Å². The van der Waals surface area contributed by atoms with Crippen LogP contribution in [0.5, 0.6) is 0 Å². The first-order valence-corrected chi connectivity index (χ1v) is 6.10. The molecule has 0 aromatic carbocycles. The third-order valence-electron chi connectivity index (χ3n) is 1.11. The molecule has 0 radical (unpaired) electrons. The van der Waals surface area contributed by atoms with Gasteiger partial charge in [0.1, 0.15) is 0 Å². The van der Waals surface area contributed by atoms with Crippen molar-refractivity contribution in [3.8, 4) is 0 Å². The largest absolute Gasteiger partial charge is 0.592 e. The van der Waals surface area contributed by atoms with Crippen molar-refractivity contribution < 1.29 is 4.55 Å². The van der Waals surface area contributed by atoms with Gasteiger partial charge in [-0.1, -0.05) is 11.3 Å². The molecule has 0 aliphatic heterocycles. The Morgan fingerprint density at radius 3 is 2.92 bits per heavy atom. The van der Waals surface area contributed by atoms with E-state index in [4.69, 9.17) is 5.73 Å². The smallest absolute Gasteiger partial charge is 0.228 e. The molecule has 0 amide bonds. The maximum Gasteiger partial charge on any atom is 0.228 e. The zero-order chi connectivity index (χ0) is 8.97. The second-order valence-electron chi connectivity index (χ2n) is 2.01. The van der Waals surface area contributed by atoms with Gasteiger partial charge in [-0.25, -0.2) is 0 Å². The van der Waals surface area contributed by atoms with Gasteiger partial charge in [-0.2, -0.15) is 0 Å². The first-order chi connectivity index (χ1) is 5.74. The van der Waals surface area contributed by atoms with Crippen LogP contribution in [0.25, 0.3) is 0 Å². The Morgan fingerprint density at radius 1 is 1.67 bits per heavy atom. The van der Waals surface area contributed by atoms with Crippen LogP contribution >= 0.6 is 27.3 Å². The minimum atomic E-state index is -1.10. The van der Waals surface area contributed by atoms with Gasteiger partial charge in [0.15, 0.2) is 0 Å². The fraction of sp³-hybridized carbons (Fsp3) is 0.333. The molecule has 6 heteroatoms. The molecule has 0 fully saturated rings. The minimum absolute atomic E-state index is 0.498. The minimum Gasteiger partial charge on any atom is -0.592 e. The molecule has 1 heterocycles. The Labute approximate surface area is 86.8 Å². The highest BCUT2D eigenvalue weighted by atomic mass is 79.9. The van der Waals surface area contributed by atoms with E-state index in [1.807, 2.05) is 12.1 Å². The SMILES string of the molecule is NCCN[S+]([O-])c1ccc(Br)s1. The lowest BCUT2D eigenvalue weighted by Crippen LogP contribution is -2.28. The second-order valence-corrected chi connectivity index (χ2v) is 6.00. The molecule has 0 bridgehead atoms. The molecule has 0 saturated heterocycles. The summed E-state index contributed by atoms with van der Waals surface area (Å²) in [7, 11) is 0. The Bertz CT molecular complexity index is 243. The van der Waals surface area contributed by atoms with Gasteiger partial charge in [0, 0.05) is 12.6 Å². The Kier molecular flexibility index (Phi) is 4.55. The third kappa shape index (κ3) is 3.04. The van der Waals surface area contributed by atoms with Crippen LogP contribution in [0, 0.1) is 0 Å². The molecule has 3 nitrogen and oxygen atoms in total. The second kappa shape index (κ2) is 5.21. The fourth-order valence-electron chi connectivity index (χ4n) is 0.620. The molecule has 1 rings (SSSR count). The average Bonchev–Trinajstić information content (AvgIpc) is 2.47. The van der Waals surface area contributed by atoms with Crippen LogP contribution in [-0.2, 0) is 11.4 Å². The monoisotopic (exact) mass is 268 g/mol. The van der Waals surface area contributed by atoms with Crippen molar-refractivity contribution in [1.29, 1.82) is 0 Å². The molecule has 1 atom stereocenters. The number of halogens is 1. The summed E-state index contributed by atoms with van der Waals surface area (Å²) in [6.45, 7) is 1.07. The van der Waals surface area contributed by atoms with E-state index in [0.717, 1.165) is 8.00 Å². The van der Waals surface area contributed by atoms with Crippen molar-refractivity contribution in [2.45, 2.75) is 4.21 Å². The Balaban J connectivity index is 2.47. The van der Waals surface area contributed by atoms with E-state index in [-0.39, 0.29) is 0 Å². The highest BCUT2D eigenvalue weighted by molar-refractivity contribution is 9.11. The predicted octanol–water partition coefficient (Wildman–Crippen LogP) is 1.08. The highest BCUT2D eigenvalue weighted by Gasteiger charge is 2.12. The van der Waals surface area contributed by atoms with Crippen molar-refractivity contribution in [3.63, 3.8) is 0 Å². The third-order valence-corrected chi connectivity index (χ3v) is 4.20. The highest BCUT2D eigenvalue weighted by Crippen LogP contribution is 2.25. The maximum atomic E-state index is 11.4. The molecule has 1 aromatic rings. The van der Waals surface area contributed by atoms with Gasteiger partial charge in [0.25, 0.3) is 0 Å². The van der Waals surface area contributed by atoms with Gasteiger partial charge in [-0.05, 0) is 22.0 Å². The molecule has 0 aliphatic carbocycles. The van der Waals surface area contributed by atoms with Crippen molar-refractivity contribution in [2.24, 2.45) is 5.73 Å². The van der Waals surface area contributed by atoms with E-state index >= 15 is 0 Å². The summed E-state index contributed by atoms with van der Waals surface area (Å²) >= 11 is 3.66.